The van der Waals surface area contributed by atoms with E-state index in [2.05, 4.69) is 9.05 Å². The first-order valence-electron chi connectivity index (χ1n) is 7.51. The van der Waals surface area contributed by atoms with E-state index >= 15 is 0 Å². The van der Waals surface area contributed by atoms with Crippen LogP contribution in [0.25, 0.3) is 0 Å². The molecule has 0 saturated heterocycles. The van der Waals surface area contributed by atoms with Gasteiger partial charge in [0.15, 0.2) is 11.6 Å². The summed E-state index contributed by atoms with van der Waals surface area (Å²) in [6.07, 6.45) is -1.29. The van der Waals surface area contributed by atoms with Crippen molar-refractivity contribution in [3.63, 3.8) is 0 Å². The van der Waals surface area contributed by atoms with Crippen LogP contribution in [0.4, 0.5) is 0 Å². The number of ketones is 2. The summed E-state index contributed by atoms with van der Waals surface area (Å²) >= 11 is 0. The van der Waals surface area contributed by atoms with Gasteiger partial charge < -0.3 is 0 Å². The maximum Gasteiger partial charge on any atom is 0.811 e. The molecule has 0 unspecified atom stereocenters. The fourth-order valence-electron chi connectivity index (χ4n) is 1.96. The van der Waals surface area contributed by atoms with Gasteiger partial charge in [-0.15, -0.1) is 0 Å². The van der Waals surface area contributed by atoms with E-state index < -0.39 is 44.6 Å². The minimum atomic E-state index is -3.11. The highest BCUT2D eigenvalue weighted by molar-refractivity contribution is 7.34. The molecule has 0 heterocycles. The number of carbonyl (C=O) groups is 4. The van der Waals surface area contributed by atoms with E-state index in [1.165, 1.54) is 24.3 Å². The van der Waals surface area contributed by atoms with Crippen LogP contribution in [0.5, 0.6) is 0 Å². The molecule has 132 valence electrons. The summed E-state index contributed by atoms with van der Waals surface area (Å²) in [5, 5.41) is 0. The molecule has 0 N–H and O–H groups in total. The van der Waals surface area contributed by atoms with Crippen LogP contribution < -0.4 is 0 Å². The maximum atomic E-state index is 11.8. The molecule has 0 fully saturated rings. The summed E-state index contributed by atoms with van der Waals surface area (Å²) in [6, 6.07) is 16.0. The topological polar surface area (TPSA) is 104 Å². The van der Waals surface area contributed by atoms with Crippen molar-refractivity contribution in [2.24, 2.45) is 0 Å². The smallest absolute Gasteiger partial charge is 0.294 e. The summed E-state index contributed by atoms with van der Waals surface area (Å²) in [5.74, 6) is -3.24. The maximum absolute atomic E-state index is 11.8. The highest BCUT2D eigenvalue weighted by Gasteiger charge is 2.33. The summed E-state index contributed by atoms with van der Waals surface area (Å²) < 4.78 is 20.3. The molecule has 2 aromatic carbocycles. The number of Topliss-reactive ketones (excluding diaryl/α,β-unsaturated/α-hetero) is 2. The third kappa shape index (κ3) is 6.03. The van der Waals surface area contributed by atoms with Crippen LogP contribution in [0.1, 0.15) is 33.6 Å². The van der Waals surface area contributed by atoms with Gasteiger partial charge in [0.05, 0.1) is 0 Å². The van der Waals surface area contributed by atoms with Gasteiger partial charge in [0.2, 0.25) is 0 Å². The summed E-state index contributed by atoms with van der Waals surface area (Å²) in [4.78, 5) is 46.8. The predicted molar refractivity (Wildman–Crippen MR) is 90.6 cm³/mol. The van der Waals surface area contributed by atoms with Crippen LogP contribution >= 0.6 is 8.25 Å². The van der Waals surface area contributed by atoms with Crippen LogP contribution in [0.3, 0.4) is 0 Å². The molecule has 0 atom stereocenters. The minimum Gasteiger partial charge on any atom is -0.294 e. The second kappa shape index (κ2) is 9.34. The van der Waals surface area contributed by atoms with Crippen LogP contribution in [-0.2, 0) is 23.2 Å². The molecule has 0 radical (unpaired) electrons. The summed E-state index contributed by atoms with van der Waals surface area (Å²) in [5.41, 5.74) is 0.593. The first-order chi connectivity index (χ1) is 12.5. The molecule has 7 nitrogen and oxygen atoms in total. The SMILES string of the molecule is O=C(CC(=O)c1ccccc1)O[P+](=O)OC(=O)CC(=O)c1ccccc1. The second-order valence-corrected chi connectivity index (χ2v) is 5.89. The second-order valence-electron chi connectivity index (χ2n) is 5.08. The molecule has 8 heteroatoms. The van der Waals surface area contributed by atoms with E-state index in [1.54, 1.807) is 36.4 Å². The first-order valence-corrected chi connectivity index (χ1v) is 8.60. The van der Waals surface area contributed by atoms with Gasteiger partial charge in [0.25, 0.3) is 0 Å². The zero-order valence-electron chi connectivity index (χ0n) is 13.5. The Kier molecular flexibility index (Phi) is 6.88. The summed E-state index contributed by atoms with van der Waals surface area (Å²) in [6.45, 7) is 0. The molecular weight excluding hydrogens is 359 g/mol. The van der Waals surface area contributed by atoms with Crippen molar-refractivity contribution in [2.45, 2.75) is 12.8 Å². The van der Waals surface area contributed by atoms with Crippen LogP contribution in [0, 0.1) is 0 Å². The van der Waals surface area contributed by atoms with Crippen LogP contribution in [0.2, 0.25) is 0 Å². The fraction of sp³-hybridized carbons (Fsp3) is 0.111. The van der Waals surface area contributed by atoms with Crippen molar-refractivity contribution in [1.82, 2.24) is 0 Å². The normalized spacial score (nSPS) is 9.85. The molecule has 2 aromatic rings. The van der Waals surface area contributed by atoms with E-state index in [1.807, 2.05) is 0 Å². The van der Waals surface area contributed by atoms with Crippen molar-refractivity contribution < 1.29 is 32.8 Å². The largest absolute Gasteiger partial charge is 0.811 e. The van der Waals surface area contributed by atoms with Crippen LogP contribution in [0.15, 0.2) is 60.7 Å². The van der Waals surface area contributed by atoms with Crippen molar-refractivity contribution >= 4 is 31.8 Å². The van der Waals surface area contributed by atoms with E-state index in [0.29, 0.717) is 11.1 Å². The zero-order chi connectivity index (χ0) is 18.9. The van der Waals surface area contributed by atoms with E-state index in [9.17, 15) is 23.7 Å². The van der Waals surface area contributed by atoms with Gasteiger partial charge in [0, 0.05) is 15.7 Å². The fourth-order valence-corrected chi connectivity index (χ4v) is 2.46. The quantitative estimate of drug-likeness (QED) is 0.397. The molecule has 0 spiro atoms. The number of carbonyl (C=O) groups excluding carboxylic acids is 4. The Morgan fingerprint density at radius 1 is 0.654 bits per heavy atom. The standard InChI is InChI=1S/C18H14O7P/c19-15(13-7-3-1-4-8-13)11-17(21)24-26(23)25-18(22)12-16(20)14-9-5-2-6-10-14/h1-10H,11-12H2/q+1. The predicted octanol–water partition coefficient (Wildman–Crippen LogP) is 3.28. The van der Waals surface area contributed by atoms with Gasteiger partial charge in [-0.1, -0.05) is 60.7 Å². The highest BCUT2D eigenvalue weighted by atomic mass is 31.1. The lowest BCUT2D eigenvalue weighted by atomic mass is 10.1. The molecule has 26 heavy (non-hydrogen) atoms. The van der Waals surface area contributed by atoms with Crippen LogP contribution in [-0.4, -0.2) is 23.5 Å². The molecule has 0 aliphatic rings. The van der Waals surface area contributed by atoms with Gasteiger partial charge in [0.1, 0.15) is 12.8 Å². The Hall–Kier alpha value is -3.18. The Morgan fingerprint density at radius 3 is 1.35 bits per heavy atom. The lowest BCUT2D eigenvalue weighted by molar-refractivity contribution is -0.136. The molecule has 0 amide bonds. The number of rotatable bonds is 8. The average Bonchev–Trinajstić information content (AvgIpc) is 2.62. The van der Waals surface area contributed by atoms with E-state index in [-0.39, 0.29) is 0 Å². The lowest BCUT2D eigenvalue weighted by Gasteiger charge is -1.97. The van der Waals surface area contributed by atoms with E-state index in [0.717, 1.165) is 0 Å². The number of hydrogen-bond acceptors (Lipinski definition) is 7. The molecule has 2 rings (SSSR count). The van der Waals surface area contributed by atoms with Gasteiger partial charge in [-0.25, -0.2) is 9.59 Å². The van der Waals surface area contributed by atoms with E-state index in [4.69, 9.17) is 0 Å². The highest BCUT2D eigenvalue weighted by Crippen LogP contribution is 2.26. The Bertz CT molecular complexity index is 762. The average molecular weight is 373 g/mol. The van der Waals surface area contributed by atoms with Crippen molar-refractivity contribution in [2.75, 3.05) is 0 Å². The minimum absolute atomic E-state index is 0.296. The van der Waals surface area contributed by atoms with Gasteiger partial charge >= 0.3 is 20.2 Å². The Balaban J connectivity index is 1.78. The monoisotopic (exact) mass is 373 g/mol. The Labute approximate surface area is 149 Å². The van der Waals surface area contributed by atoms with Crippen molar-refractivity contribution in [3.8, 4) is 0 Å². The molecule has 0 aliphatic carbocycles. The molecule has 0 aliphatic heterocycles. The molecule has 0 aromatic heterocycles. The van der Waals surface area contributed by atoms with Crippen molar-refractivity contribution in [1.29, 1.82) is 0 Å². The molecule has 0 saturated carbocycles. The third-order valence-electron chi connectivity index (χ3n) is 3.15. The lowest BCUT2D eigenvalue weighted by Crippen LogP contribution is -2.11. The molecular formula is C18H14O7P+. The zero-order valence-corrected chi connectivity index (χ0v) is 14.4. The summed E-state index contributed by atoms with van der Waals surface area (Å²) in [7, 11) is -3.11. The van der Waals surface area contributed by atoms with Gasteiger partial charge in [-0.3, -0.25) is 9.59 Å². The molecule has 0 bridgehead atoms. The van der Waals surface area contributed by atoms with Crippen molar-refractivity contribution in [3.05, 3.63) is 71.8 Å². The number of benzene rings is 2. The number of hydrogen-bond donors (Lipinski definition) is 0. The van der Waals surface area contributed by atoms with Gasteiger partial charge in [-0.2, -0.15) is 9.05 Å². The first kappa shape index (κ1) is 19.1. The Morgan fingerprint density at radius 2 is 1.00 bits per heavy atom. The third-order valence-corrected chi connectivity index (χ3v) is 3.86. The van der Waals surface area contributed by atoms with Gasteiger partial charge in [-0.05, 0) is 0 Å².